The maximum atomic E-state index is 11.4. The van der Waals surface area contributed by atoms with Crippen LogP contribution in [0.1, 0.15) is 25.8 Å². The minimum Gasteiger partial charge on any atom is -0.490 e. The number of ether oxygens (including phenoxy) is 3. The lowest BCUT2D eigenvalue weighted by Crippen LogP contribution is -2.29. The predicted octanol–water partition coefficient (Wildman–Crippen LogP) is 4.22. The van der Waals surface area contributed by atoms with Crippen molar-refractivity contribution >= 4 is 23.5 Å². The highest BCUT2D eigenvalue weighted by Gasteiger charge is 2.23. The number of amides is 1. The molecule has 3 rings (SSSR count). The Balaban J connectivity index is 1.84. The van der Waals surface area contributed by atoms with Gasteiger partial charge in [-0.1, -0.05) is 25.4 Å². The van der Waals surface area contributed by atoms with Crippen molar-refractivity contribution in [2.75, 3.05) is 19.0 Å². The number of aromatic nitrogens is 1. The van der Waals surface area contributed by atoms with Crippen LogP contribution in [-0.2, 0) is 11.3 Å². The first kappa shape index (κ1) is 20.2. The van der Waals surface area contributed by atoms with E-state index in [1.807, 2.05) is 6.07 Å². The third-order valence-electron chi connectivity index (χ3n) is 4.35. The first-order chi connectivity index (χ1) is 13.4. The number of fused-ring (bicyclic) bond motifs is 3. The molecule has 0 radical (unpaired) electrons. The molecule has 2 heterocycles. The van der Waals surface area contributed by atoms with Gasteiger partial charge in [-0.05, 0) is 36.1 Å². The number of rotatable bonds is 6. The lowest BCUT2D eigenvalue weighted by molar-refractivity contribution is 0.187. The summed E-state index contributed by atoms with van der Waals surface area (Å²) in [5.74, 6) is 1.96. The number of hydrogen-bond acceptors (Lipinski definition) is 6. The molecule has 1 aromatic heterocycles. The SMILES string of the molecule is COC(=O)Nc1cc2c(cn1)COc1c-2ccc(OCC(N)CC(C)C)c1Cl. The van der Waals surface area contributed by atoms with Gasteiger partial charge in [0.1, 0.15) is 35.6 Å². The van der Waals surface area contributed by atoms with Crippen LogP contribution in [0.4, 0.5) is 10.6 Å². The van der Waals surface area contributed by atoms with Gasteiger partial charge in [-0.25, -0.2) is 9.78 Å². The van der Waals surface area contributed by atoms with Crippen LogP contribution >= 0.6 is 11.6 Å². The molecule has 7 nitrogen and oxygen atoms in total. The predicted molar refractivity (Wildman–Crippen MR) is 108 cm³/mol. The normalized spacial score (nSPS) is 13.2. The molecule has 28 heavy (non-hydrogen) atoms. The molecule has 0 saturated carbocycles. The Morgan fingerprint density at radius 3 is 2.89 bits per heavy atom. The number of methoxy groups -OCH3 is 1. The summed E-state index contributed by atoms with van der Waals surface area (Å²) in [6, 6.07) is 5.38. The second-order valence-corrected chi connectivity index (χ2v) is 7.46. The van der Waals surface area contributed by atoms with Crippen molar-refractivity contribution in [3.05, 3.63) is 35.0 Å². The van der Waals surface area contributed by atoms with Crippen molar-refractivity contribution in [3.63, 3.8) is 0 Å². The minimum absolute atomic E-state index is 0.0632. The number of hydrogen-bond donors (Lipinski definition) is 2. The Morgan fingerprint density at radius 1 is 1.39 bits per heavy atom. The molecule has 0 fully saturated rings. The van der Waals surface area contributed by atoms with Gasteiger partial charge in [-0.15, -0.1) is 0 Å². The molecule has 3 N–H and O–H groups in total. The zero-order valence-corrected chi connectivity index (χ0v) is 16.9. The number of carbonyl (C=O) groups excluding carboxylic acids is 1. The molecule has 150 valence electrons. The largest absolute Gasteiger partial charge is 0.490 e. The van der Waals surface area contributed by atoms with E-state index in [4.69, 9.17) is 26.8 Å². The summed E-state index contributed by atoms with van der Waals surface area (Å²) >= 11 is 6.53. The molecule has 0 saturated heterocycles. The molecule has 1 atom stereocenters. The van der Waals surface area contributed by atoms with Crippen LogP contribution in [-0.4, -0.2) is 30.8 Å². The van der Waals surface area contributed by atoms with Gasteiger partial charge >= 0.3 is 6.09 Å². The standard InChI is InChI=1S/C20H24ClN3O4/c1-11(2)6-13(22)10-27-16-5-4-14-15-7-17(24-20(25)26-3)23-8-12(15)9-28-19(14)18(16)21/h4-5,7-8,11,13H,6,9-10,22H2,1-3H3,(H,23,24,25). The van der Waals surface area contributed by atoms with E-state index in [-0.39, 0.29) is 6.04 Å². The summed E-state index contributed by atoms with van der Waals surface area (Å²) in [5, 5.41) is 2.96. The van der Waals surface area contributed by atoms with E-state index in [1.54, 1.807) is 18.3 Å². The second-order valence-electron chi connectivity index (χ2n) is 7.09. The van der Waals surface area contributed by atoms with Gasteiger partial charge in [0.15, 0.2) is 0 Å². The maximum Gasteiger partial charge on any atom is 0.412 e. The van der Waals surface area contributed by atoms with E-state index >= 15 is 0 Å². The number of benzene rings is 1. The van der Waals surface area contributed by atoms with Crippen molar-refractivity contribution < 1.29 is 19.0 Å². The molecule has 0 aliphatic carbocycles. The monoisotopic (exact) mass is 405 g/mol. The number of anilines is 1. The fraction of sp³-hybridized carbons (Fsp3) is 0.400. The molecule has 1 aromatic carbocycles. The molecule has 1 unspecified atom stereocenters. The van der Waals surface area contributed by atoms with Crippen LogP contribution in [0.3, 0.4) is 0 Å². The van der Waals surface area contributed by atoms with Crippen molar-refractivity contribution in [3.8, 4) is 22.6 Å². The highest BCUT2D eigenvalue weighted by atomic mass is 35.5. The average Bonchev–Trinajstić information content (AvgIpc) is 2.66. The summed E-state index contributed by atoms with van der Waals surface area (Å²) in [4.78, 5) is 15.6. The molecule has 1 aliphatic heterocycles. The lowest BCUT2D eigenvalue weighted by Gasteiger charge is -2.23. The van der Waals surface area contributed by atoms with E-state index in [1.165, 1.54) is 7.11 Å². The number of nitrogens with zero attached hydrogens (tertiary/aromatic N) is 1. The van der Waals surface area contributed by atoms with Crippen LogP contribution in [0, 0.1) is 5.92 Å². The summed E-state index contributed by atoms with van der Waals surface area (Å²) < 4.78 is 16.3. The highest BCUT2D eigenvalue weighted by molar-refractivity contribution is 6.34. The molecule has 0 spiro atoms. The van der Waals surface area contributed by atoms with Crippen LogP contribution in [0.15, 0.2) is 24.4 Å². The zero-order valence-electron chi connectivity index (χ0n) is 16.1. The Bertz CT molecular complexity index is 873. The van der Waals surface area contributed by atoms with Gasteiger partial charge < -0.3 is 19.9 Å². The number of halogens is 1. The van der Waals surface area contributed by atoms with E-state index < -0.39 is 6.09 Å². The minimum atomic E-state index is -0.584. The Labute approximate surface area is 169 Å². The van der Waals surface area contributed by atoms with Crippen molar-refractivity contribution in [1.29, 1.82) is 0 Å². The topological polar surface area (TPSA) is 95.7 Å². The van der Waals surface area contributed by atoms with Gasteiger partial charge in [0.2, 0.25) is 0 Å². The quantitative estimate of drug-likeness (QED) is 0.746. The molecule has 1 amide bonds. The fourth-order valence-electron chi connectivity index (χ4n) is 3.10. The van der Waals surface area contributed by atoms with Crippen LogP contribution in [0.25, 0.3) is 11.1 Å². The first-order valence-electron chi connectivity index (χ1n) is 9.07. The second kappa shape index (κ2) is 8.67. The Morgan fingerprint density at radius 2 is 2.18 bits per heavy atom. The summed E-state index contributed by atoms with van der Waals surface area (Å²) in [5.41, 5.74) is 8.67. The Hall–Kier alpha value is -2.51. The molecule has 1 aliphatic rings. The molecule has 0 bridgehead atoms. The number of nitrogens with one attached hydrogen (secondary N) is 1. The summed E-state index contributed by atoms with van der Waals surface area (Å²) in [7, 11) is 1.30. The smallest absolute Gasteiger partial charge is 0.412 e. The van der Waals surface area contributed by atoms with Gasteiger partial charge in [-0.2, -0.15) is 0 Å². The lowest BCUT2D eigenvalue weighted by atomic mass is 9.98. The fourth-order valence-corrected chi connectivity index (χ4v) is 3.37. The Kier molecular flexibility index (Phi) is 6.26. The van der Waals surface area contributed by atoms with Crippen molar-refractivity contribution in [2.24, 2.45) is 11.7 Å². The molecular weight excluding hydrogens is 382 g/mol. The van der Waals surface area contributed by atoms with E-state index in [0.717, 1.165) is 23.1 Å². The van der Waals surface area contributed by atoms with Crippen molar-refractivity contribution in [1.82, 2.24) is 4.98 Å². The summed E-state index contributed by atoms with van der Waals surface area (Å²) in [6.45, 7) is 4.94. The third kappa shape index (κ3) is 4.48. The van der Waals surface area contributed by atoms with Crippen molar-refractivity contribution in [2.45, 2.75) is 32.9 Å². The average molecular weight is 406 g/mol. The highest BCUT2D eigenvalue weighted by Crippen LogP contribution is 2.46. The first-order valence-corrected chi connectivity index (χ1v) is 9.44. The zero-order chi connectivity index (χ0) is 20.3. The molecule has 2 aromatic rings. The van der Waals surface area contributed by atoms with Crippen LogP contribution < -0.4 is 20.5 Å². The van der Waals surface area contributed by atoms with Gasteiger partial charge in [0.25, 0.3) is 0 Å². The number of pyridine rings is 1. The number of nitrogens with two attached hydrogens (primary N) is 1. The van der Waals surface area contributed by atoms with E-state index in [2.05, 4.69) is 28.9 Å². The molecule has 8 heteroatoms. The third-order valence-corrected chi connectivity index (χ3v) is 4.71. The molecular formula is C20H24ClN3O4. The van der Waals surface area contributed by atoms with Gasteiger partial charge in [-0.3, -0.25) is 5.32 Å². The van der Waals surface area contributed by atoms with E-state index in [9.17, 15) is 4.79 Å². The van der Waals surface area contributed by atoms with Gasteiger partial charge in [0.05, 0.1) is 7.11 Å². The number of carbonyl (C=O) groups is 1. The summed E-state index contributed by atoms with van der Waals surface area (Å²) in [6.07, 6.45) is 1.95. The van der Waals surface area contributed by atoms with E-state index in [0.29, 0.717) is 41.5 Å². The van der Waals surface area contributed by atoms with Gasteiger partial charge in [0, 0.05) is 23.4 Å². The van der Waals surface area contributed by atoms with Crippen LogP contribution in [0.5, 0.6) is 11.5 Å². The van der Waals surface area contributed by atoms with Crippen LogP contribution in [0.2, 0.25) is 5.02 Å². The maximum absolute atomic E-state index is 11.4.